The van der Waals surface area contributed by atoms with Gasteiger partial charge in [0.25, 0.3) is 0 Å². The average Bonchev–Trinajstić information content (AvgIpc) is 2.43. The Hall–Kier alpha value is -2.16. The molecule has 0 saturated carbocycles. The number of anilines is 1. The normalized spacial score (nSPS) is 10.4. The van der Waals surface area contributed by atoms with Crippen LogP contribution in [-0.4, -0.2) is 12.3 Å². The maximum Gasteiger partial charge on any atom is 0.181 e. The van der Waals surface area contributed by atoms with Crippen LogP contribution in [0.3, 0.4) is 0 Å². The highest BCUT2D eigenvalue weighted by atomic mass is 19.1. The molecule has 0 aromatic heterocycles. The van der Waals surface area contributed by atoms with Crippen LogP contribution in [0.1, 0.15) is 27.0 Å². The molecule has 104 valence electrons. The molecule has 0 aliphatic rings. The van der Waals surface area contributed by atoms with Crippen LogP contribution in [0.25, 0.3) is 0 Å². The van der Waals surface area contributed by atoms with E-state index in [2.05, 4.69) is 5.32 Å². The Bertz CT molecular complexity index is 649. The first-order valence-corrected chi connectivity index (χ1v) is 6.58. The summed E-state index contributed by atoms with van der Waals surface area (Å²) in [6, 6.07) is 10.4. The third kappa shape index (κ3) is 3.05. The number of aryl methyl sites for hydroxylation is 2. The van der Waals surface area contributed by atoms with E-state index in [9.17, 15) is 9.18 Å². The summed E-state index contributed by atoms with van der Waals surface area (Å²) in [5, 5.41) is 3.14. The lowest BCUT2D eigenvalue weighted by molar-refractivity contribution is 0.101. The molecule has 0 heterocycles. The third-order valence-corrected chi connectivity index (χ3v) is 3.52. The fourth-order valence-corrected chi connectivity index (χ4v) is 2.04. The van der Waals surface area contributed by atoms with Gasteiger partial charge in [-0.2, -0.15) is 0 Å². The molecule has 0 bridgehead atoms. The van der Waals surface area contributed by atoms with Crippen LogP contribution in [-0.2, 0) is 0 Å². The van der Waals surface area contributed by atoms with Gasteiger partial charge < -0.3 is 5.32 Å². The Morgan fingerprint density at radius 3 is 2.55 bits per heavy atom. The van der Waals surface area contributed by atoms with Gasteiger partial charge >= 0.3 is 0 Å². The second kappa shape index (κ2) is 5.87. The number of benzene rings is 2. The van der Waals surface area contributed by atoms with Gasteiger partial charge in [-0.3, -0.25) is 4.79 Å². The lowest BCUT2D eigenvalue weighted by atomic mass is 10.1. The monoisotopic (exact) mass is 271 g/mol. The SMILES string of the molecule is Cc1cc(C(=O)CNc2cccc(C)c2C)ccc1F. The minimum Gasteiger partial charge on any atom is -0.377 e. The highest BCUT2D eigenvalue weighted by Gasteiger charge is 2.08. The molecular formula is C17H18FNO. The predicted molar refractivity (Wildman–Crippen MR) is 79.9 cm³/mol. The number of carbonyl (C=O) groups is 1. The van der Waals surface area contributed by atoms with Crippen LogP contribution in [0.15, 0.2) is 36.4 Å². The van der Waals surface area contributed by atoms with Crippen molar-refractivity contribution in [3.8, 4) is 0 Å². The van der Waals surface area contributed by atoms with Gasteiger partial charge in [0.05, 0.1) is 6.54 Å². The van der Waals surface area contributed by atoms with Crippen LogP contribution in [0.4, 0.5) is 10.1 Å². The van der Waals surface area contributed by atoms with Crippen molar-refractivity contribution in [2.75, 3.05) is 11.9 Å². The van der Waals surface area contributed by atoms with E-state index in [-0.39, 0.29) is 18.1 Å². The Morgan fingerprint density at radius 1 is 1.10 bits per heavy atom. The summed E-state index contributed by atoms with van der Waals surface area (Å²) in [6.45, 7) is 5.91. The van der Waals surface area contributed by atoms with E-state index in [1.54, 1.807) is 13.0 Å². The molecule has 3 heteroatoms. The summed E-state index contributed by atoms with van der Waals surface area (Å²) in [7, 11) is 0. The van der Waals surface area contributed by atoms with Crippen molar-refractivity contribution in [3.63, 3.8) is 0 Å². The average molecular weight is 271 g/mol. The summed E-state index contributed by atoms with van der Waals surface area (Å²) >= 11 is 0. The first kappa shape index (κ1) is 14.3. The molecule has 0 saturated heterocycles. The van der Waals surface area contributed by atoms with Gasteiger partial charge in [-0.1, -0.05) is 12.1 Å². The van der Waals surface area contributed by atoms with Gasteiger partial charge in [0.15, 0.2) is 5.78 Å². The smallest absolute Gasteiger partial charge is 0.181 e. The topological polar surface area (TPSA) is 29.1 Å². The molecule has 0 aliphatic heterocycles. The lowest BCUT2D eigenvalue weighted by Gasteiger charge is -2.11. The number of hydrogen-bond acceptors (Lipinski definition) is 2. The van der Waals surface area contributed by atoms with Gasteiger partial charge in [0.1, 0.15) is 5.82 Å². The largest absolute Gasteiger partial charge is 0.377 e. The molecule has 0 spiro atoms. The molecule has 2 aromatic rings. The van der Waals surface area contributed by atoms with Gasteiger partial charge in [0, 0.05) is 11.3 Å². The van der Waals surface area contributed by atoms with Crippen molar-refractivity contribution in [3.05, 3.63) is 64.5 Å². The Morgan fingerprint density at radius 2 is 1.85 bits per heavy atom. The molecular weight excluding hydrogens is 253 g/mol. The van der Waals surface area contributed by atoms with Crippen molar-refractivity contribution < 1.29 is 9.18 Å². The zero-order chi connectivity index (χ0) is 14.7. The Kier molecular flexibility index (Phi) is 4.18. The van der Waals surface area contributed by atoms with Crippen LogP contribution in [0.5, 0.6) is 0 Å². The molecule has 0 fully saturated rings. The minimum absolute atomic E-state index is 0.0472. The van der Waals surface area contributed by atoms with E-state index < -0.39 is 0 Å². The number of ketones is 1. The van der Waals surface area contributed by atoms with Crippen LogP contribution < -0.4 is 5.32 Å². The van der Waals surface area contributed by atoms with Gasteiger partial charge in [-0.25, -0.2) is 4.39 Å². The zero-order valence-electron chi connectivity index (χ0n) is 12.0. The first-order valence-electron chi connectivity index (χ1n) is 6.58. The summed E-state index contributed by atoms with van der Waals surface area (Å²) in [6.07, 6.45) is 0. The molecule has 2 rings (SSSR count). The number of Topliss-reactive ketones (excluding diaryl/α,β-unsaturated/α-hetero) is 1. The number of nitrogens with one attached hydrogen (secondary N) is 1. The minimum atomic E-state index is -0.288. The summed E-state index contributed by atoms with van der Waals surface area (Å²) in [5.41, 5.74) is 4.29. The van der Waals surface area contributed by atoms with E-state index in [0.29, 0.717) is 11.1 Å². The highest BCUT2D eigenvalue weighted by molar-refractivity contribution is 5.99. The van der Waals surface area contributed by atoms with Crippen LogP contribution in [0, 0.1) is 26.6 Å². The number of carbonyl (C=O) groups excluding carboxylic acids is 1. The van der Waals surface area contributed by atoms with Crippen LogP contribution >= 0.6 is 0 Å². The number of hydrogen-bond donors (Lipinski definition) is 1. The molecule has 1 N–H and O–H groups in total. The molecule has 0 atom stereocenters. The van der Waals surface area contributed by atoms with Crippen molar-refractivity contribution in [2.24, 2.45) is 0 Å². The molecule has 0 unspecified atom stereocenters. The maximum absolute atomic E-state index is 13.2. The van der Waals surface area contributed by atoms with E-state index >= 15 is 0 Å². The van der Waals surface area contributed by atoms with Crippen molar-refractivity contribution >= 4 is 11.5 Å². The fourth-order valence-electron chi connectivity index (χ4n) is 2.04. The summed E-state index contributed by atoms with van der Waals surface area (Å²) < 4.78 is 13.2. The van der Waals surface area contributed by atoms with Crippen LogP contribution in [0.2, 0.25) is 0 Å². The van der Waals surface area contributed by atoms with E-state index in [1.165, 1.54) is 17.7 Å². The third-order valence-electron chi connectivity index (χ3n) is 3.52. The predicted octanol–water partition coefficient (Wildman–Crippen LogP) is 4.05. The second-order valence-electron chi connectivity index (χ2n) is 4.99. The molecule has 0 aliphatic carbocycles. The van der Waals surface area contributed by atoms with Gasteiger partial charge in [-0.05, 0) is 61.7 Å². The lowest BCUT2D eigenvalue weighted by Crippen LogP contribution is -2.15. The van der Waals surface area contributed by atoms with E-state index in [0.717, 1.165) is 11.3 Å². The molecule has 20 heavy (non-hydrogen) atoms. The molecule has 0 amide bonds. The Labute approximate surface area is 118 Å². The molecule has 0 radical (unpaired) electrons. The van der Waals surface area contributed by atoms with Gasteiger partial charge in [-0.15, -0.1) is 0 Å². The van der Waals surface area contributed by atoms with Crippen molar-refractivity contribution in [1.82, 2.24) is 0 Å². The van der Waals surface area contributed by atoms with E-state index in [4.69, 9.17) is 0 Å². The highest BCUT2D eigenvalue weighted by Crippen LogP contribution is 2.18. The number of halogens is 1. The standard InChI is InChI=1S/C17H18FNO/c1-11-5-4-6-16(13(11)3)19-10-17(20)14-7-8-15(18)12(2)9-14/h4-9,19H,10H2,1-3H3. The molecule has 2 aromatic carbocycles. The zero-order valence-corrected chi connectivity index (χ0v) is 12.0. The first-order chi connectivity index (χ1) is 9.49. The second-order valence-corrected chi connectivity index (χ2v) is 4.99. The summed E-state index contributed by atoms with van der Waals surface area (Å²) in [5.74, 6) is -0.335. The number of rotatable bonds is 4. The summed E-state index contributed by atoms with van der Waals surface area (Å²) in [4.78, 5) is 12.1. The maximum atomic E-state index is 13.2. The van der Waals surface area contributed by atoms with E-state index in [1.807, 2.05) is 32.0 Å². The fraction of sp³-hybridized carbons (Fsp3) is 0.235. The van der Waals surface area contributed by atoms with Crippen molar-refractivity contribution in [1.29, 1.82) is 0 Å². The molecule has 2 nitrogen and oxygen atoms in total. The van der Waals surface area contributed by atoms with Crippen molar-refractivity contribution in [2.45, 2.75) is 20.8 Å². The quantitative estimate of drug-likeness (QED) is 0.850. The van der Waals surface area contributed by atoms with Gasteiger partial charge in [0.2, 0.25) is 0 Å². The Balaban J connectivity index is 2.08.